The van der Waals surface area contributed by atoms with Crippen LogP contribution in [0.3, 0.4) is 0 Å². The second-order valence-electron chi connectivity index (χ2n) is 12.3. The van der Waals surface area contributed by atoms with E-state index in [1.807, 2.05) is 63.2 Å². The maximum atomic E-state index is 13.4. The smallest absolute Gasteiger partial charge is 0.251 e. The van der Waals surface area contributed by atoms with E-state index in [1.165, 1.54) is 5.56 Å². The molecule has 9 nitrogen and oxygen atoms in total. The molecule has 3 atom stereocenters. The number of rotatable bonds is 16. The molecule has 0 bridgehead atoms. The van der Waals surface area contributed by atoms with E-state index in [9.17, 15) is 19.2 Å². The molecule has 0 fully saturated rings. The molecule has 4 amide bonds. The van der Waals surface area contributed by atoms with E-state index in [4.69, 9.17) is 0 Å². The van der Waals surface area contributed by atoms with Crippen LogP contribution in [-0.2, 0) is 22.6 Å². The minimum atomic E-state index is -0.647. The number of carbonyl (C=O) groups excluding carboxylic acids is 4. The first-order chi connectivity index (χ1) is 22.0. The Kier molecular flexibility index (Phi) is 14.0. The van der Waals surface area contributed by atoms with Crippen molar-refractivity contribution >= 4 is 23.6 Å². The number of amides is 4. The van der Waals surface area contributed by atoms with E-state index in [0.29, 0.717) is 43.1 Å². The van der Waals surface area contributed by atoms with E-state index in [2.05, 4.69) is 52.6 Å². The van der Waals surface area contributed by atoms with Crippen molar-refractivity contribution in [1.29, 1.82) is 0 Å². The highest BCUT2D eigenvalue weighted by Crippen LogP contribution is 2.15. The fraction of sp³-hybridized carbons (Fsp3) is 0.405. The largest absolute Gasteiger partial charge is 0.355 e. The number of benzene rings is 3. The van der Waals surface area contributed by atoms with Crippen molar-refractivity contribution < 1.29 is 19.2 Å². The van der Waals surface area contributed by atoms with Gasteiger partial charge in [-0.15, -0.1) is 0 Å². The second-order valence-corrected chi connectivity index (χ2v) is 12.3. The SMILES string of the molecule is CCNC(=O)[C@@H](NC(=O)[C@H](C)NC[C@H](Cc1ccccc1)NC(=O)c1cccc(C(=O)NCc2ccc(C(C)C)cc2)c1)C(C)C. The van der Waals surface area contributed by atoms with E-state index in [-0.39, 0.29) is 35.6 Å². The number of likely N-dealkylation sites (N-methyl/N-ethyl adjacent to an activating group) is 1. The monoisotopic (exact) mass is 627 g/mol. The maximum absolute atomic E-state index is 13.4. The van der Waals surface area contributed by atoms with Gasteiger partial charge in [0.2, 0.25) is 11.8 Å². The summed E-state index contributed by atoms with van der Waals surface area (Å²) < 4.78 is 0. The fourth-order valence-corrected chi connectivity index (χ4v) is 4.96. The molecule has 46 heavy (non-hydrogen) atoms. The van der Waals surface area contributed by atoms with Crippen LogP contribution in [0, 0.1) is 5.92 Å². The summed E-state index contributed by atoms with van der Waals surface area (Å²) in [5.41, 5.74) is 4.01. The van der Waals surface area contributed by atoms with Gasteiger partial charge in [0.05, 0.1) is 6.04 Å². The lowest BCUT2D eigenvalue weighted by atomic mass is 10.0. The Bertz CT molecular complexity index is 1440. The molecule has 3 aromatic rings. The zero-order valence-corrected chi connectivity index (χ0v) is 27.9. The minimum Gasteiger partial charge on any atom is -0.355 e. The summed E-state index contributed by atoms with van der Waals surface area (Å²) in [7, 11) is 0. The fourth-order valence-electron chi connectivity index (χ4n) is 4.96. The van der Waals surface area contributed by atoms with Crippen molar-refractivity contribution in [3.63, 3.8) is 0 Å². The highest BCUT2D eigenvalue weighted by Gasteiger charge is 2.26. The molecule has 0 aliphatic heterocycles. The molecular formula is C37H49N5O4. The Hall–Kier alpha value is -4.50. The molecule has 0 radical (unpaired) electrons. The Morgan fingerprint density at radius 3 is 1.93 bits per heavy atom. The summed E-state index contributed by atoms with van der Waals surface area (Å²) >= 11 is 0. The number of hydrogen-bond acceptors (Lipinski definition) is 5. The Morgan fingerprint density at radius 1 is 0.674 bits per heavy atom. The van der Waals surface area contributed by atoms with Crippen LogP contribution < -0.4 is 26.6 Å². The average molecular weight is 628 g/mol. The summed E-state index contributed by atoms with van der Waals surface area (Å²) in [6, 6.07) is 22.9. The number of carbonyl (C=O) groups is 4. The van der Waals surface area contributed by atoms with Crippen molar-refractivity contribution in [2.24, 2.45) is 5.92 Å². The van der Waals surface area contributed by atoms with Gasteiger partial charge in [0.15, 0.2) is 0 Å². The van der Waals surface area contributed by atoms with E-state index in [0.717, 1.165) is 11.1 Å². The zero-order valence-electron chi connectivity index (χ0n) is 27.9. The second kappa shape index (κ2) is 17.8. The molecule has 0 aromatic heterocycles. The molecule has 0 heterocycles. The quantitative estimate of drug-likeness (QED) is 0.162. The molecule has 0 saturated carbocycles. The standard InChI is InChI=1S/C37H49N5O4/c1-7-38-37(46)33(25(4)5)42-34(43)26(6)39-23-32(20-27-12-9-8-10-13-27)41-36(45)31-15-11-14-30(21-31)35(44)40-22-28-16-18-29(19-17-28)24(2)3/h8-19,21,24-26,32-33,39H,7,20,22-23H2,1-6H3,(H,38,46)(H,40,44)(H,41,45)(H,42,43)/t26-,32-,33-/m0/s1. The van der Waals surface area contributed by atoms with Crippen LogP contribution in [0.15, 0.2) is 78.9 Å². The lowest BCUT2D eigenvalue weighted by Crippen LogP contribution is -2.55. The van der Waals surface area contributed by atoms with E-state index >= 15 is 0 Å². The van der Waals surface area contributed by atoms with Crippen molar-refractivity contribution in [2.75, 3.05) is 13.1 Å². The van der Waals surface area contributed by atoms with Crippen molar-refractivity contribution in [1.82, 2.24) is 26.6 Å². The molecule has 9 heteroatoms. The summed E-state index contributed by atoms with van der Waals surface area (Å²) in [4.78, 5) is 51.8. The van der Waals surface area contributed by atoms with Gasteiger partial charge in [-0.25, -0.2) is 0 Å². The van der Waals surface area contributed by atoms with Gasteiger partial charge in [-0.2, -0.15) is 0 Å². The summed E-state index contributed by atoms with van der Waals surface area (Å²) in [6.45, 7) is 12.8. The predicted octanol–water partition coefficient (Wildman–Crippen LogP) is 4.34. The van der Waals surface area contributed by atoms with Crippen LogP contribution in [0.25, 0.3) is 0 Å². The average Bonchev–Trinajstić information content (AvgIpc) is 3.05. The lowest BCUT2D eigenvalue weighted by molar-refractivity contribution is -0.130. The van der Waals surface area contributed by atoms with Gasteiger partial charge in [0.25, 0.3) is 11.8 Å². The highest BCUT2D eigenvalue weighted by molar-refractivity contribution is 5.99. The van der Waals surface area contributed by atoms with Gasteiger partial charge in [0, 0.05) is 36.8 Å². The van der Waals surface area contributed by atoms with Gasteiger partial charge in [0.1, 0.15) is 6.04 Å². The molecule has 3 aromatic carbocycles. The molecule has 5 N–H and O–H groups in total. The molecule has 246 valence electrons. The zero-order chi connectivity index (χ0) is 33.6. The molecule has 0 aliphatic carbocycles. The molecule has 0 aliphatic rings. The normalized spacial score (nSPS) is 13.0. The predicted molar refractivity (Wildman–Crippen MR) is 182 cm³/mol. The van der Waals surface area contributed by atoms with Crippen LogP contribution in [0.5, 0.6) is 0 Å². The minimum absolute atomic E-state index is 0.0816. The third-order valence-corrected chi connectivity index (χ3v) is 7.81. The Labute approximate surface area is 273 Å². The molecule has 0 spiro atoms. The highest BCUT2D eigenvalue weighted by atomic mass is 16.2. The van der Waals surface area contributed by atoms with Crippen LogP contribution >= 0.6 is 0 Å². The summed E-state index contributed by atoms with van der Waals surface area (Å²) in [6.07, 6.45) is 0.525. The third kappa shape index (κ3) is 11.1. The van der Waals surface area contributed by atoms with Crippen LogP contribution in [-0.4, -0.2) is 54.8 Å². The first-order valence-corrected chi connectivity index (χ1v) is 16.1. The van der Waals surface area contributed by atoms with Gasteiger partial charge in [-0.1, -0.05) is 88.4 Å². The van der Waals surface area contributed by atoms with Crippen molar-refractivity contribution in [2.45, 2.75) is 78.6 Å². The van der Waals surface area contributed by atoms with Crippen LogP contribution in [0.2, 0.25) is 0 Å². The van der Waals surface area contributed by atoms with Crippen molar-refractivity contribution in [3.05, 3.63) is 107 Å². The van der Waals surface area contributed by atoms with Crippen LogP contribution in [0.1, 0.15) is 84.9 Å². The molecular weight excluding hydrogens is 578 g/mol. The topological polar surface area (TPSA) is 128 Å². The first-order valence-electron chi connectivity index (χ1n) is 16.1. The summed E-state index contributed by atoms with van der Waals surface area (Å²) in [5.74, 6) is -0.757. The third-order valence-electron chi connectivity index (χ3n) is 7.81. The van der Waals surface area contributed by atoms with Gasteiger partial charge in [-0.05, 0) is 67.0 Å². The Balaban J connectivity index is 1.65. The summed E-state index contributed by atoms with van der Waals surface area (Å²) in [5, 5.41) is 14.9. The van der Waals surface area contributed by atoms with Gasteiger partial charge >= 0.3 is 0 Å². The van der Waals surface area contributed by atoms with E-state index in [1.54, 1.807) is 31.2 Å². The molecule has 0 unspecified atom stereocenters. The van der Waals surface area contributed by atoms with E-state index < -0.39 is 12.1 Å². The molecule has 3 rings (SSSR count). The maximum Gasteiger partial charge on any atom is 0.251 e. The van der Waals surface area contributed by atoms with Crippen molar-refractivity contribution in [3.8, 4) is 0 Å². The van der Waals surface area contributed by atoms with Crippen LogP contribution in [0.4, 0.5) is 0 Å². The van der Waals surface area contributed by atoms with Gasteiger partial charge < -0.3 is 26.6 Å². The Morgan fingerprint density at radius 2 is 1.33 bits per heavy atom. The first kappa shape index (κ1) is 36.0. The van der Waals surface area contributed by atoms with Gasteiger partial charge in [-0.3, -0.25) is 19.2 Å². The number of nitrogens with one attached hydrogen (secondary N) is 5. The number of hydrogen-bond donors (Lipinski definition) is 5. The molecule has 0 saturated heterocycles. The lowest BCUT2D eigenvalue weighted by Gasteiger charge is -2.25.